The summed E-state index contributed by atoms with van der Waals surface area (Å²) in [5.74, 6) is -0.0123. The largest absolute Gasteiger partial charge is 0.466 e. The molecular formula is C10H17NO2. The molecule has 0 aliphatic carbocycles. The van der Waals surface area contributed by atoms with Crippen LogP contribution < -0.4 is 0 Å². The maximum atomic E-state index is 11.0. The minimum atomic E-state index is -0.0123. The average molecular weight is 183 g/mol. The van der Waals surface area contributed by atoms with Crippen molar-refractivity contribution in [1.29, 1.82) is 0 Å². The van der Waals surface area contributed by atoms with E-state index in [0.29, 0.717) is 19.1 Å². The third kappa shape index (κ3) is 2.21. The molecule has 0 aromatic rings. The van der Waals surface area contributed by atoms with E-state index >= 15 is 0 Å². The molecule has 0 bridgehead atoms. The van der Waals surface area contributed by atoms with Gasteiger partial charge in [0.15, 0.2) is 0 Å². The zero-order valence-electron chi connectivity index (χ0n) is 8.00. The minimum absolute atomic E-state index is 0.0123. The van der Waals surface area contributed by atoms with Crippen LogP contribution in [0.2, 0.25) is 0 Å². The summed E-state index contributed by atoms with van der Waals surface area (Å²) in [5, 5.41) is 0. The van der Waals surface area contributed by atoms with E-state index in [2.05, 4.69) is 4.90 Å². The van der Waals surface area contributed by atoms with E-state index in [9.17, 15) is 4.79 Å². The van der Waals surface area contributed by atoms with Crippen molar-refractivity contribution in [1.82, 2.24) is 4.90 Å². The quantitative estimate of drug-likeness (QED) is 0.572. The fourth-order valence-electron chi connectivity index (χ4n) is 2.28. The highest BCUT2D eigenvalue weighted by Gasteiger charge is 2.24. The number of carbonyl (C=O) groups is 1. The van der Waals surface area contributed by atoms with Crippen molar-refractivity contribution in [3.63, 3.8) is 0 Å². The molecule has 2 heterocycles. The van der Waals surface area contributed by atoms with E-state index in [1.807, 2.05) is 0 Å². The number of cyclic esters (lactones) is 1. The SMILES string of the molecule is O=C1CCC(N2CCCC2)CCO1. The van der Waals surface area contributed by atoms with Crippen LogP contribution in [0.1, 0.15) is 32.1 Å². The molecule has 0 spiro atoms. The Kier molecular flexibility index (Phi) is 2.83. The highest BCUT2D eigenvalue weighted by atomic mass is 16.5. The number of nitrogens with zero attached hydrogens (tertiary/aromatic N) is 1. The van der Waals surface area contributed by atoms with Gasteiger partial charge in [-0.15, -0.1) is 0 Å². The van der Waals surface area contributed by atoms with Crippen LogP contribution in [0.25, 0.3) is 0 Å². The first-order valence-corrected chi connectivity index (χ1v) is 5.26. The van der Waals surface area contributed by atoms with Gasteiger partial charge < -0.3 is 9.64 Å². The van der Waals surface area contributed by atoms with E-state index in [-0.39, 0.29) is 5.97 Å². The lowest BCUT2D eigenvalue weighted by Crippen LogP contribution is -2.32. The normalized spacial score (nSPS) is 31.4. The highest BCUT2D eigenvalue weighted by molar-refractivity contribution is 5.69. The van der Waals surface area contributed by atoms with Gasteiger partial charge >= 0.3 is 5.97 Å². The molecule has 1 atom stereocenters. The minimum Gasteiger partial charge on any atom is -0.466 e. The fraction of sp³-hybridized carbons (Fsp3) is 0.900. The molecule has 2 fully saturated rings. The Morgan fingerprint density at radius 3 is 2.77 bits per heavy atom. The molecule has 3 nitrogen and oxygen atoms in total. The lowest BCUT2D eigenvalue weighted by Gasteiger charge is -2.24. The fourth-order valence-corrected chi connectivity index (χ4v) is 2.28. The van der Waals surface area contributed by atoms with Gasteiger partial charge in [-0.05, 0) is 38.8 Å². The third-order valence-corrected chi connectivity index (χ3v) is 3.05. The van der Waals surface area contributed by atoms with E-state index < -0.39 is 0 Å². The van der Waals surface area contributed by atoms with Crippen LogP contribution in [0.5, 0.6) is 0 Å². The van der Waals surface area contributed by atoms with Crippen LogP contribution in [0.3, 0.4) is 0 Å². The number of carbonyl (C=O) groups excluding carboxylic acids is 1. The maximum Gasteiger partial charge on any atom is 0.305 e. The van der Waals surface area contributed by atoms with Crippen LogP contribution in [-0.2, 0) is 9.53 Å². The molecule has 0 saturated carbocycles. The molecule has 0 aromatic carbocycles. The van der Waals surface area contributed by atoms with Crippen LogP contribution in [0, 0.1) is 0 Å². The molecule has 1 unspecified atom stereocenters. The maximum absolute atomic E-state index is 11.0. The molecule has 2 rings (SSSR count). The van der Waals surface area contributed by atoms with Crippen molar-refractivity contribution >= 4 is 5.97 Å². The van der Waals surface area contributed by atoms with Crippen molar-refractivity contribution in [3.8, 4) is 0 Å². The summed E-state index contributed by atoms with van der Waals surface area (Å²) < 4.78 is 5.03. The number of likely N-dealkylation sites (tertiary alicyclic amines) is 1. The van der Waals surface area contributed by atoms with Crippen molar-refractivity contribution in [2.45, 2.75) is 38.1 Å². The molecule has 2 aliphatic rings. The van der Waals surface area contributed by atoms with Crippen molar-refractivity contribution in [2.24, 2.45) is 0 Å². The first-order valence-electron chi connectivity index (χ1n) is 5.26. The van der Waals surface area contributed by atoms with E-state index in [1.54, 1.807) is 0 Å². The number of hydrogen-bond acceptors (Lipinski definition) is 3. The van der Waals surface area contributed by atoms with E-state index in [1.165, 1.54) is 25.9 Å². The van der Waals surface area contributed by atoms with Gasteiger partial charge in [-0.1, -0.05) is 0 Å². The molecule has 0 radical (unpaired) electrons. The van der Waals surface area contributed by atoms with Crippen molar-refractivity contribution in [3.05, 3.63) is 0 Å². The van der Waals surface area contributed by atoms with Crippen LogP contribution in [0.4, 0.5) is 0 Å². The van der Waals surface area contributed by atoms with E-state index in [0.717, 1.165) is 12.8 Å². The summed E-state index contributed by atoms with van der Waals surface area (Å²) in [6.45, 7) is 3.07. The first-order chi connectivity index (χ1) is 6.36. The summed E-state index contributed by atoms with van der Waals surface area (Å²) in [7, 11) is 0. The first kappa shape index (κ1) is 9.00. The zero-order valence-corrected chi connectivity index (χ0v) is 8.00. The number of hydrogen-bond donors (Lipinski definition) is 0. The van der Waals surface area contributed by atoms with Gasteiger partial charge in [-0.25, -0.2) is 0 Å². The lowest BCUT2D eigenvalue weighted by molar-refractivity contribution is -0.142. The number of rotatable bonds is 1. The summed E-state index contributed by atoms with van der Waals surface area (Å²) in [6.07, 6.45) is 5.29. The predicted octanol–water partition coefficient (Wildman–Crippen LogP) is 1.18. The Balaban J connectivity index is 1.87. The summed E-state index contributed by atoms with van der Waals surface area (Å²) in [5.41, 5.74) is 0. The lowest BCUT2D eigenvalue weighted by atomic mass is 10.1. The molecule has 74 valence electrons. The Morgan fingerprint density at radius 1 is 1.23 bits per heavy atom. The zero-order chi connectivity index (χ0) is 9.10. The third-order valence-electron chi connectivity index (χ3n) is 3.05. The average Bonchev–Trinajstić information content (AvgIpc) is 2.56. The van der Waals surface area contributed by atoms with Gasteiger partial charge in [0.25, 0.3) is 0 Å². The second-order valence-electron chi connectivity index (χ2n) is 3.94. The Labute approximate surface area is 79.0 Å². The second-order valence-corrected chi connectivity index (χ2v) is 3.94. The molecule has 0 N–H and O–H groups in total. The van der Waals surface area contributed by atoms with Crippen molar-refractivity contribution in [2.75, 3.05) is 19.7 Å². The predicted molar refractivity (Wildman–Crippen MR) is 49.4 cm³/mol. The molecule has 2 aliphatic heterocycles. The highest BCUT2D eigenvalue weighted by Crippen LogP contribution is 2.20. The topological polar surface area (TPSA) is 29.5 Å². The molecule has 13 heavy (non-hydrogen) atoms. The summed E-state index contributed by atoms with van der Waals surface area (Å²) in [4.78, 5) is 13.5. The van der Waals surface area contributed by atoms with Gasteiger partial charge in [-0.2, -0.15) is 0 Å². The van der Waals surface area contributed by atoms with Gasteiger partial charge in [-0.3, -0.25) is 4.79 Å². The Hall–Kier alpha value is -0.570. The molecule has 0 aromatic heterocycles. The van der Waals surface area contributed by atoms with Crippen LogP contribution in [0.15, 0.2) is 0 Å². The monoisotopic (exact) mass is 183 g/mol. The van der Waals surface area contributed by atoms with Gasteiger partial charge in [0, 0.05) is 12.5 Å². The molecule has 3 heteroatoms. The molecule has 0 amide bonds. The van der Waals surface area contributed by atoms with Gasteiger partial charge in [0.2, 0.25) is 0 Å². The summed E-state index contributed by atoms with van der Waals surface area (Å²) >= 11 is 0. The van der Waals surface area contributed by atoms with Crippen LogP contribution >= 0.6 is 0 Å². The Bertz CT molecular complexity index is 187. The standard InChI is InChI=1S/C10H17NO2/c12-10-4-3-9(5-8-13-10)11-6-1-2-7-11/h9H,1-8H2. The van der Waals surface area contributed by atoms with E-state index in [4.69, 9.17) is 4.74 Å². The summed E-state index contributed by atoms with van der Waals surface area (Å²) in [6, 6.07) is 0.606. The van der Waals surface area contributed by atoms with Gasteiger partial charge in [0.05, 0.1) is 6.61 Å². The van der Waals surface area contributed by atoms with Crippen LogP contribution in [-0.4, -0.2) is 36.6 Å². The number of ether oxygens (including phenoxy) is 1. The number of esters is 1. The molecule has 2 saturated heterocycles. The molecular weight excluding hydrogens is 166 g/mol. The van der Waals surface area contributed by atoms with Gasteiger partial charge in [0.1, 0.15) is 0 Å². The second kappa shape index (κ2) is 4.09. The smallest absolute Gasteiger partial charge is 0.305 e. The Morgan fingerprint density at radius 2 is 2.00 bits per heavy atom. The van der Waals surface area contributed by atoms with Crippen molar-refractivity contribution < 1.29 is 9.53 Å².